The van der Waals surface area contributed by atoms with Gasteiger partial charge in [0.2, 0.25) is 0 Å². The lowest BCUT2D eigenvalue weighted by Crippen LogP contribution is -2.45. The number of carbonyl (C=O) groups is 1. The molecule has 0 aliphatic carbocycles. The Hall–Kier alpha value is -1.47. The molecule has 16 heavy (non-hydrogen) atoms. The number of aryl methyl sites for hydroxylation is 1. The van der Waals surface area contributed by atoms with Gasteiger partial charge >= 0.3 is 5.97 Å². The van der Waals surface area contributed by atoms with Gasteiger partial charge < -0.3 is 20.1 Å². The smallest absolute Gasteiger partial charge is 0.336 e. The first-order valence-corrected chi connectivity index (χ1v) is 4.93. The maximum atomic E-state index is 10.6. The van der Waals surface area contributed by atoms with Gasteiger partial charge in [-0.1, -0.05) is 0 Å². The molecule has 3 N–H and O–H groups in total. The van der Waals surface area contributed by atoms with Gasteiger partial charge in [0.25, 0.3) is 0 Å². The van der Waals surface area contributed by atoms with E-state index >= 15 is 0 Å². The first-order chi connectivity index (χ1) is 7.43. The molecule has 0 radical (unpaired) electrons. The van der Waals surface area contributed by atoms with E-state index in [1.807, 2.05) is 7.05 Å². The molecule has 7 nitrogen and oxygen atoms in total. The van der Waals surface area contributed by atoms with Crippen LogP contribution in [0.1, 0.15) is 12.7 Å². The minimum Gasteiger partial charge on any atom is -0.479 e. The highest BCUT2D eigenvalue weighted by molar-refractivity contribution is 5.76. The average molecular weight is 228 g/mol. The van der Waals surface area contributed by atoms with Crippen LogP contribution in [0.5, 0.6) is 0 Å². The fourth-order valence-corrected chi connectivity index (χ4v) is 1.14. The van der Waals surface area contributed by atoms with Crippen LogP contribution in [-0.2, 0) is 18.3 Å². The maximum absolute atomic E-state index is 10.6. The van der Waals surface area contributed by atoms with E-state index in [1.165, 1.54) is 6.92 Å². The van der Waals surface area contributed by atoms with E-state index in [4.69, 9.17) is 5.11 Å². The molecule has 7 heteroatoms. The zero-order valence-electron chi connectivity index (χ0n) is 9.34. The summed E-state index contributed by atoms with van der Waals surface area (Å²) in [5.74, 6) is -0.430. The van der Waals surface area contributed by atoms with Gasteiger partial charge in [-0.05, 0) is 6.92 Å². The molecule has 1 heterocycles. The lowest BCUT2D eigenvalue weighted by molar-refractivity contribution is -0.156. The zero-order valence-corrected chi connectivity index (χ0v) is 9.34. The molecule has 1 aromatic rings. The van der Waals surface area contributed by atoms with Crippen LogP contribution in [0.2, 0.25) is 0 Å². The van der Waals surface area contributed by atoms with E-state index in [2.05, 4.69) is 15.5 Å². The van der Waals surface area contributed by atoms with Gasteiger partial charge in [0.15, 0.2) is 5.60 Å². The van der Waals surface area contributed by atoms with E-state index in [0.717, 1.165) is 5.82 Å². The zero-order chi connectivity index (χ0) is 12.2. The summed E-state index contributed by atoms with van der Waals surface area (Å²) in [4.78, 5) is 10.6. The Morgan fingerprint density at radius 3 is 2.88 bits per heavy atom. The molecule has 1 atom stereocenters. The summed E-state index contributed by atoms with van der Waals surface area (Å²) in [6.07, 6.45) is 2.23. The first kappa shape index (κ1) is 12.6. The van der Waals surface area contributed by atoms with Crippen molar-refractivity contribution in [3.63, 3.8) is 0 Å². The van der Waals surface area contributed by atoms with E-state index in [9.17, 15) is 9.90 Å². The molecule has 0 aliphatic heterocycles. The summed E-state index contributed by atoms with van der Waals surface area (Å²) in [6.45, 7) is 1.79. The van der Waals surface area contributed by atoms with Crippen molar-refractivity contribution >= 4 is 5.97 Å². The molecule has 0 aliphatic rings. The fourth-order valence-electron chi connectivity index (χ4n) is 1.14. The highest BCUT2D eigenvalue weighted by Gasteiger charge is 2.28. The number of carboxylic acid groups (broad SMARTS) is 1. The number of nitrogens with one attached hydrogen (secondary N) is 1. The van der Waals surface area contributed by atoms with Crippen LogP contribution in [0, 0.1) is 0 Å². The molecule has 1 rings (SSSR count). The van der Waals surface area contributed by atoms with E-state index in [-0.39, 0.29) is 6.54 Å². The molecule has 0 bridgehead atoms. The molecule has 0 amide bonds. The average Bonchev–Trinajstić information content (AvgIpc) is 2.59. The Balaban J connectivity index is 2.27. The van der Waals surface area contributed by atoms with Crippen molar-refractivity contribution in [3.05, 3.63) is 12.2 Å². The third-order valence-corrected chi connectivity index (χ3v) is 2.26. The monoisotopic (exact) mass is 228 g/mol. The maximum Gasteiger partial charge on any atom is 0.336 e. The standard InChI is InChI=1S/C9H16N4O3/c1-9(16,8(14)15)5-10-4-3-7-12-11-6-13(7)2/h6,10,16H,3-5H2,1-2H3,(H,14,15). The Bertz CT molecular complexity index is 361. The van der Waals surface area contributed by atoms with Crippen molar-refractivity contribution in [1.82, 2.24) is 20.1 Å². The first-order valence-electron chi connectivity index (χ1n) is 4.93. The Morgan fingerprint density at radius 1 is 1.69 bits per heavy atom. The van der Waals surface area contributed by atoms with Crippen LogP contribution < -0.4 is 5.32 Å². The molecule has 0 aromatic carbocycles. The topological polar surface area (TPSA) is 100 Å². The minimum absolute atomic E-state index is 0.000183. The van der Waals surface area contributed by atoms with Gasteiger partial charge in [-0.25, -0.2) is 4.79 Å². The third-order valence-electron chi connectivity index (χ3n) is 2.26. The van der Waals surface area contributed by atoms with Crippen molar-refractivity contribution in [1.29, 1.82) is 0 Å². The summed E-state index contributed by atoms with van der Waals surface area (Å²) in [6, 6.07) is 0. The number of aromatic nitrogens is 3. The third kappa shape index (κ3) is 3.28. The fraction of sp³-hybridized carbons (Fsp3) is 0.667. The molecule has 90 valence electrons. The second-order valence-electron chi connectivity index (χ2n) is 3.86. The van der Waals surface area contributed by atoms with Crippen molar-refractivity contribution in [2.45, 2.75) is 18.9 Å². The lowest BCUT2D eigenvalue weighted by atomic mass is 10.1. The lowest BCUT2D eigenvalue weighted by Gasteiger charge is -2.18. The molecule has 1 aromatic heterocycles. The largest absolute Gasteiger partial charge is 0.479 e. The van der Waals surface area contributed by atoms with Gasteiger partial charge in [0.1, 0.15) is 12.2 Å². The summed E-state index contributed by atoms with van der Waals surface area (Å²) in [7, 11) is 1.84. The highest BCUT2D eigenvalue weighted by atomic mass is 16.4. The van der Waals surface area contributed by atoms with Crippen LogP contribution >= 0.6 is 0 Å². The molecular weight excluding hydrogens is 212 g/mol. The normalized spacial score (nSPS) is 14.7. The second-order valence-corrected chi connectivity index (χ2v) is 3.86. The number of hydrogen-bond acceptors (Lipinski definition) is 5. The summed E-state index contributed by atoms with van der Waals surface area (Å²) in [5, 5.41) is 28.5. The molecule has 1 unspecified atom stereocenters. The predicted molar refractivity (Wildman–Crippen MR) is 55.8 cm³/mol. The summed E-state index contributed by atoms with van der Waals surface area (Å²) >= 11 is 0. The predicted octanol–water partition coefficient (Wildman–Crippen LogP) is -1.22. The number of aliphatic carboxylic acids is 1. The Morgan fingerprint density at radius 2 is 2.38 bits per heavy atom. The highest BCUT2D eigenvalue weighted by Crippen LogP contribution is 2.00. The number of aliphatic hydroxyl groups is 1. The van der Waals surface area contributed by atoms with Gasteiger partial charge in [-0.3, -0.25) is 0 Å². The molecule has 0 spiro atoms. The number of rotatable bonds is 6. The van der Waals surface area contributed by atoms with Crippen molar-refractivity contribution in [3.8, 4) is 0 Å². The quantitative estimate of drug-likeness (QED) is 0.528. The van der Waals surface area contributed by atoms with E-state index < -0.39 is 11.6 Å². The van der Waals surface area contributed by atoms with Gasteiger partial charge in [-0.2, -0.15) is 0 Å². The van der Waals surface area contributed by atoms with Gasteiger partial charge in [0.05, 0.1) is 0 Å². The minimum atomic E-state index is -1.74. The Kier molecular flexibility index (Phi) is 3.97. The van der Waals surface area contributed by atoms with E-state index in [1.54, 1.807) is 10.9 Å². The molecule has 0 saturated heterocycles. The van der Waals surface area contributed by atoms with E-state index in [0.29, 0.717) is 13.0 Å². The van der Waals surface area contributed by atoms with Crippen LogP contribution in [0.4, 0.5) is 0 Å². The van der Waals surface area contributed by atoms with Crippen LogP contribution in [0.25, 0.3) is 0 Å². The van der Waals surface area contributed by atoms with Crippen molar-refractivity contribution in [2.24, 2.45) is 7.05 Å². The van der Waals surface area contributed by atoms with Crippen LogP contribution in [0.3, 0.4) is 0 Å². The molecule has 0 fully saturated rings. The van der Waals surface area contributed by atoms with Crippen molar-refractivity contribution in [2.75, 3.05) is 13.1 Å². The Labute approximate surface area is 93.1 Å². The van der Waals surface area contributed by atoms with Gasteiger partial charge in [-0.15, -0.1) is 10.2 Å². The van der Waals surface area contributed by atoms with Gasteiger partial charge in [0, 0.05) is 26.6 Å². The molecular formula is C9H16N4O3. The second kappa shape index (κ2) is 5.04. The van der Waals surface area contributed by atoms with Crippen LogP contribution in [-0.4, -0.2) is 49.6 Å². The number of nitrogens with zero attached hydrogens (tertiary/aromatic N) is 3. The SMILES string of the molecule is Cn1cnnc1CCNCC(C)(O)C(=O)O. The van der Waals surface area contributed by atoms with Crippen LogP contribution in [0.15, 0.2) is 6.33 Å². The summed E-state index contributed by atoms with van der Waals surface area (Å²) < 4.78 is 1.79. The number of carboxylic acids is 1. The van der Waals surface area contributed by atoms with Crippen molar-refractivity contribution < 1.29 is 15.0 Å². The summed E-state index contributed by atoms with van der Waals surface area (Å²) in [5.41, 5.74) is -1.74. The number of hydrogen-bond donors (Lipinski definition) is 3. The molecule has 0 saturated carbocycles.